The van der Waals surface area contributed by atoms with Crippen molar-refractivity contribution in [1.29, 1.82) is 0 Å². The molecule has 0 N–H and O–H groups in total. The van der Waals surface area contributed by atoms with Crippen LogP contribution in [0.25, 0.3) is 66.1 Å². The molecule has 2 heteroatoms. The van der Waals surface area contributed by atoms with E-state index in [-0.39, 0.29) is 5.41 Å². The highest BCUT2D eigenvalue weighted by atomic mass is 16.5. The SMILES string of the molecule is CC1(C)c2ccccc2-c2cccc(-c3c4cccc(-c5cccc6c5C(c5ccccc5)(c5ccccc5)c5ccccc5O6)c4cc4c(-c5cccc6c5C(c5ccccc5)(c5ccccc5)c5ccccc5O6)cccc34)c21. The third kappa shape index (κ3) is 6.62. The molecule has 0 atom stereocenters. The summed E-state index contributed by atoms with van der Waals surface area (Å²) < 4.78 is 14.3. The summed E-state index contributed by atoms with van der Waals surface area (Å²) in [6.45, 7) is 4.82. The molecule has 0 bridgehead atoms. The second-order valence-corrected chi connectivity index (χ2v) is 22.5. The Bertz CT molecular complexity index is 4330. The second kappa shape index (κ2) is 18.0. The molecular formula is C79H54O2. The predicted octanol–water partition coefficient (Wildman–Crippen LogP) is 20.3. The molecule has 0 aromatic heterocycles. The van der Waals surface area contributed by atoms with Crippen LogP contribution in [-0.4, -0.2) is 0 Å². The molecule has 1 aliphatic carbocycles. The van der Waals surface area contributed by atoms with Crippen LogP contribution in [0.4, 0.5) is 0 Å². The predicted molar refractivity (Wildman–Crippen MR) is 332 cm³/mol. The van der Waals surface area contributed by atoms with Gasteiger partial charge in [-0.05, 0) is 130 Å². The summed E-state index contributed by atoms with van der Waals surface area (Å²) >= 11 is 0. The minimum atomic E-state index is -0.746. The first-order valence-corrected chi connectivity index (χ1v) is 28.2. The fourth-order valence-electron chi connectivity index (χ4n) is 15.0. The van der Waals surface area contributed by atoms with E-state index in [9.17, 15) is 0 Å². The fraction of sp³-hybridized carbons (Fsp3) is 0.0633. The molecule has 0 fully saturated rings. The molecule has 0 saturated heterocycles. The average molecular weight is 1040 g/mol. The van der Waals surface area contributed by atoms with Crippen LogP contribution in [0.15, 0.2) is 291 Å². The first-order chi connectivity index (χ1) is 40.0. The second-order valence-electron chi connectivity index (χ2n) is 22.5. The molecule has 2 aliphatic heterocycles. The van der Waals surface area contributed by atoms with Gasteiger partial charge in [-0.25, -0.2) is 0 Å². The molecule has 0 radical (unpaired) electrons. The maximum absolute atomic E-state index is 7.15. The van der Waals surface area contributed by atoms with Gasteiger partial charge in [0.05, 0.1) is 10.8 Å². The Hall–Kier alpha value is -10.0. The first-order valence-electron chi connectivity index (χ1n) is 28.2. The zero-order chi connectivity index (χ0) is 53.9. The number of rotatable bonds is 7. The van der Waals surface area contributed by atoms with Gasteiger partial charge in [0.15, 0.2) is 0 Å². The van der Waals surface area contributed by atoms with Crippen molar-refractivity contribution >= 4 is 21.5 Å². The van der Waals surface area contributed by atoms with Crippen molar-refractivity contribution in [3.63, 3.8) is 0 Å². The van der Waals surface area contributed by atoms with Crippen LogP contribution in [0.3, 0.4) is 0 Å². The highest BCUT2D eigenvalue weighted by molar-refractivity contribution is 6.20. The van der Waals surface area contributed by atoms with Crippen molar-refractivity contribution in [3.05, 3.63) is 347 Å². The van der Waals surface area contributed by atoms with Crippen molar-refractivity contribution in [3.8, 4) is 67.5 Å². The lowest BCUT2D eigenvalue weighted by atomic mass is 9.62. The van der Waals surface area contributed by atoms with Gasteiger partial charge in [0.1, 0.15) is 23.0 Å². The molecule has 0 amide bonds. The Morgan fingerprint density at radius 1 is 0.235 bits per heavy atom. The number of ether oxygens (including phenoxy) is 2. The van der Waals surface area contributed by atoms with Gasteiger partial charge >= 0.3 is 0 Å². The van der Waals surface area contributed by atoms with E-state index in [1.54, 1.807) is 0 Å². The Labute approximate surface area is 472 Å². The number of hydrogen-bond acceptors (Lipinski definition) is 2. The van der Waals surface area contributed by atoms with E-state index in [0.29, 0.717) is 0 Å². The Morgan fingerprint density at radius 3 is 1.01 bits per heavy atom. The van der Waals surface area contributed by atoms with Gasteiger partial charge in [0.2, 0.25) is 0 Å². The van der Waals surface area contributed by atoms with E-state index in [1.165, 1.54) is 66.4 Å². The Balaban J connectivity index is 1.06. The van der Waals surface area contributed by atoms with Gasteiger partial charge in [-0.15, -0.1) is 0 Å². The van der Waals surface area contributed by atoms with Crippen LogP contribution < -0.4 is 9.47 Å². The molecule has 13 aromatic carbocycles. The van der Waals surface area contributed by atoms with E-state index >= 15 is 0 Å². The third-order valence-corrected chi connectivity index (χ3v) is 18.1. The average Bonchev–Trinajstić information content (AvgIpc) is 3.89. The van der Waals surface area contributed by atoms with E-state index < -0.39 is 10.8 Å². The Kier molecular flexibility index (Phi) is 10.5. The first kappa shape index (κ1) is 47.0. The molecule has 16 rings (SSSR count). The summed E-state index contributed by atoms with van der Waals surface area (Å²) in [6.07, 6.45) is 0. The zero-order valence-electron chi connectivity index (χ0n) is 45.0. The quantitative estimate of drug-likeness (QED) is 0.148. The summed E-state index contributed by atoms with van der Waals surface area (Å²) in [4.78, 5) is 0. The van der Waals surface area contributed by atoms with Crippen LogP contribution in [0.1, 0.15) is 69.5 Å². The third-order valence-electron chi connectivity index (χ3n) is 18.1. The van der Waals surface area contributed by atoms with Crippen LogP contribution in [0.5, 0.6) is 23.0 Å². The smallest absolute Gasteiger partial charge is 0.132 e. The van der Waals surface area contributed by atoms with Crippen LogP contribution >= 0.6 is 0 Å². The van der Waals surface area contributed by atoms with Crippen LogP contribution in [-0.2, 0) is 16.2 Å². The molecule has 3 aliphatic rings. The molecule has 0 spiro atoms. The van der Waals surface area contributed by atoms with E-state index in [1.807, 2.05) is 0 Å². The summed E-state index contributed by atoms with van der Waals surface area (Å²) in [5.41, 5.74) is 19.6. The van der Waals surface area contributed by atoms with Crippen molar-refractivity contribution in [2.75, 3.05) is 0 Å². The van der Waals surface area contributed by atoms with E-state index in [0.717, 1.165) is 78.3 Å². The number of fused-ring (bicyclic) bond motifs is 9. The van der Waals surface area contributed by atoms with Crippen molar-refractivity contribution < 1.29 is 9.47 Å². The van der Waals surface area contributed by atoms with Crippen LogP contribution in [0.2, 0.25) is 0 Å². The number of benzene rings is 13. The molecule has 81 heavy (non-hydrogen) atoms. The minimum Gasteiger partial charge on any atom is -0.457 e. The number of hydrogen-bond donors (Lipinski definition) is 0. The highest BCUT2D eigenvalue weighted by Crippen LogP contribution is 2.62. The lowest BCUT2D eigenvalue weighted by Crippen LogP contribution is -2.34. The molecular weight excluding hydrogens is 981 g/mol. The molecule has 0 unspecified atom stereocenters. The standard InChI is InChI=1S/C79H54O2/c1-77(2)66-43-16-15-34-57(66)62-39-23-42-63(74(62)77)73-58-37-21-35-55(60-40-24-48-71-75(60)78(51-26-7-3-8-27-51,52-28-9-4-10-29-52)67-44-17-19-46-69(67)80-71)64(58)50-65-56(36-22-38-59(65)73)61-41-25-49-72-76(61)79(53-30-11-5-12-31-53,54-32-13-6-14-33-54)68-45-18-20-47-70(68)81-72/h3-50H,1-2H3. The van der Waals surface area contributed by atoms with Crippen molar-refractivity contribution in [2.24, 2.45) is 0 Å². The monoisotopic (exact) mass is 1030 g/mol. The van der Waals surface area contributed by atoms with Crippen molar-refractivity contribution in [2.45, 2.75) is 30.1 Å². The van der Waals surface area contributed by atoms with E-state index in [4.69, 9.17) is 9.47 Å². The topological polar surface area (TPSA) is 18.5 Å². The van der Waals surface area contributed by atoms with Gasteiger partial charge < -0.3 is 9.47 Å². The largest absolute Gasteiger partial charge is 0.457 e. The van der Waals surface area contributed by atoms with Gasteiger partial charge in [-0.1, -0.05) is 275 Å². The molecule has 2 heterocycles. The maximum atomic E-state index is 7.15. The highest BCUT2D eigenvalue weighted by Gasteiger charge is 2.49. The Morgan fingerprint density at radius 2 is 0.556 bits per heavy atom. The van der Waals surface area contributed by atoms with Gasteiger partial charge in [-0.3, -0.25) is 0 Å². The molecule has 2 nitrogen and oxygen atoms in total. The normalized spacial score (nSPS) is 14.5. The lowest BCUT2D eigenvalue weighted by Gasteiger charge is -2.43. The summed E-state index contributed by atoms with van der Waals surface area (Å²) in [5, 5.41) is 4.69. The minimum absolute atomic E-state index is 0.283. The van der Waals surface area contributed by atoms with Crippen LogP contribution in [0, 0.1) is 0 Å². The zero-order valence-corrected chi connectivity index (χ0v) is 45.0. The molecule has 0 saturated carbocycles. The van der Waals surface area contributed by atoms with Gasteiger partial charge in [0.25, 0.3) is 0 Å². The van der Waals surface area contributed by atoms with Gasteiger partial charge in [0, 0.05) is 27.7 Å². The molecule has 13 aromatic rings. The fourth-order valence-corrected chi connectivity index (χ4v) is 15.0. The van der Waals surface area contributed by atoms with E-state index in [2.05, 4.69) is 305 Å². The lowest BCUT2D eigenvalue weighted by molar-refractivity contribution is 0.435. The summed E-state index contributed by atoms with van der Waals surface area (Å²) in [5.74, 6) is 3.39. The maximum Gasteiger partial charge on any atom is 0.132 e. The molecule has 382 valence electrons. The van der Waals surface area contributed by atoms with Crippen molar-refractivity contribution in [1.82, 2.24) is 0 Å². The number of para-hydroxylation sites is 2. The summed E-state index contributed by atoms with van der Waals surface area (Å²) in [7, 11) is 0. The summed E-state index contributed by atoms with van der Waals surface area (Å²) in [6, 6.07) is 107. The van der Waals surface area contributed by atoms with Gasteiger partial charge in [-0.2, -0.15) is 0 Å².